The van der Waals surface area contributed by atoms with Crippen molar-refractivity contribution < 1.29 is 13.2 Å². The molecule has 0 fully saturated rings. The molecule has 0 bridgehead atoms. The Morgan fingerprint density at radius 3 is 2.36 bits per heavy atom. The maximum atomic E-state index is 12.9. The lowest BCUT2D eigenvalue weighted by Gasteiger charge is -2.09. The minimum atomic E-state index is -4.38. The molecule has 112 valence electrons. The van der Waals surface area contributed by atoms with E-state index in [-0.39, 0.29) is 0 Å². The molecule has 0 aliphatic heterocycles. The fourth-order valence-corrected chi connectivity index (χ4v) is 3.13. The zero-order valence-electron chi connectivity index (χ0n) is 10.9. The van der Waals surface area contributed by atoms with Gasteiger partial charge in [0.2, 0.25) is 0 Å². The van der Waals surface area contributed by atoms with Gasteiger partial charge >= 0.3 is 6.18 Å². The van der Waals surface area contributed by atoms with Crippen LogP contribution in [0.5, 0.6) is 0 Å². The molecule has 0 aliphatic carbocycles. The standard InChI is InChI=1S/C15H8F3IN2S/c16-15(17,18)9-1-6-13-12(7-9)14(21-8-20-13)22-11-4-2-10(19)3-5-11/h1-8H. The summed E-state index contributed by atoms with van der Waals surface area (Å²) in [6.07, 6.45) is -3.01. The van der Waals surface area contributed by atoms with E-state index in [2.05, 4.69) is 32.6 Å². The number of fused-ring (bicyclic) bond motifs is 1. The molecule has 0 saturated heterocycles. The van der Waals surface area contributed by atoms with Gasteiger partial charge in [0.05, 0.1) is 11.1 Å². The van der Waals surface area contributed by atoms with Crippen molar-refractivity contribution in [2.24, 2.45) is 0 Å². The van der Waals surface area contributed by atoms with Crippen LogP contribution in [0.25, 0.3) is 10.9 Å². The second-order valence-electron chi connectivity index (χ2n) is 4.46. The first-order chi connectivity index (χ1) is 10.4. The van der Waals surface area contributed by atoms with Crippen molar-refractivity contribution in [3.63, 3.8) is 0 Å². The van der Waals surface area contributed by atoms with Crippen LogP contribution in [0.15, 0.2) is 58.7 Å². The first kappa shape index (κ1) is 15.5. The highest BCUT2D eigenvalue weighted by atomic mass is 127. The topological polar surface area (TPSA) is 25.8 Å². The Kier molecular flexibility index (Phi) is 4.26. The van der Waals surface area contributed by atoms with E-state index in [1.165, 1.54) is 24.2 Å². The maximum absolute atomic E-state index is 12.9. The summed E-state index contributed by atoms with van der Waals surface area (Å²) in [7, 11) is 0. The average Bonchev–Trinajstić information content (AvgIpc) is 2.48. The average molecular weight is 432 g/mol. The lowest BCUT2D eigenvalue weighted by molar-refractivity contribution is -0.137. The number of nitrogens with zero attached hydrogens (tertiary/aromatic N) is 2. The smallest absolute Gasteiger partial charge is 0.236 e. The molecule has 0 saturated carbocycles. The predicted molar refractivity (Wildman–Crippen MR) is 87.8 cm³/mol. The van der Waals surface area contributed by atoms with Crippen molar-refractivity contribution in [3.8, 4) is 0 Å². The van der Waals surface area contributed by atoms with Gasteiger partial charge in [0.25, 0.3) is 0 Å². The molecule has 0 amide bonds. The van der Waals surface area contributed by atoms with E-state index in [0.717, 1.165) is 20.6 Å². The molecule has 1 aromatic heterocycles. The van der Waals surface area contributed by atoms with Gasteiger partial charge in [0, 0.05) is 13.9 Å². The van der Waals surface area contributed by atoms with Crippen LogP contribution in [0.1, 0.15) is 5.56 Å². The number of hydrogen-bond donors (Lipinski definition) is 0. The molecular weight excluding hydrogens is 424 g/mol. The van der Waals surface area contributed by atoms with E-state index >= 15 is 0 Å². The van der Waals surface area contributed by atoms with Gasteiger partial charge in [-0.3, -0.25) is 0 Å². The third-order valence-electron chi connectivity index (χ3n) is 2.95. The van der Waals surface area contributed by atoms with Gasteiger partial charge in [-0.2, -0.15) is 13.2 Å². The van der Waals surface area contributed by atoms with E-state index in [9.17, 15) is 13.2 Å². The Labute approximate surface area is 142 Å². The third-order valence-corrected chi connectivity index (χ3v) is 4.70. The van der Waals surface area contributed by atoms with E-state index in [4.69, 9.17) is 0 Å². The summed E-state index contributed by atoms with van der Waals surface area (Å²) in [5.41, 5.74) is -0.199. The SMILES string of the molecule is FC(F)(F)c1ccc2ncnc(Sc3ccc(I)cc3)c2c1. The molecule has 1 heterocycles. The lowest BCUT2D eigenvalue weighted by Crippen LogP contribution is -2.04. The summed E-state index contributed by atoms with van der Waals surface area (Å²) in [5.74, 6) is 0. The molecule has 3 rings (SSSR count). The minimum Gasteiger partial charge on any atom is -0.236 e. The highest BCUT2D eigenvalue weighted by molar-refractivity contribution is 14.1. The zero-order valence-corrected chi connectivity index (χ0v) is 13.9. The van der Waals surface area contributed by atoms with Crippen LogP contribution >= 0.6 is 34.4 Å². The first-order valence-corrected chi connectivity index (χ1v) is 8.08. The van der Waals surface area contributed by atoms with Gasteiger partial charge < -0.3 is 0 Å². The fraction of sp³-hybridized carbons (Fsp3) is 0.0667. The summed E-state index contributed by atoms with van der Waals surface area (Å²) >= 11 is 3.52. The summed E-state index contributed by atoms with van der Waals surface area (Å²) in [6.45, 7) is 0. The number of halogens is 4. The molecule has 3 aromatic rings. The molecule has 0 spiro atoms. The van der Waals surface area contributed by atoms with Crippen LogP contribution in [-0.4, -0.2) is 9.97 Å². The first-order valence-electron chi connectivity index (χ1n) is 6.19. The summed E-state index contributed by atoms with van der Waals surface area (Å²) < 4.78 is 39.7. The van der Waals surface area contributed by atoms with Crippen molar-refractivity contribution in [1.29, 1.82) is 0 Å². The monoisotopic (exact) mass is 432 g/mol. The highest BCUT2D eigenvalue weighted by Crippen LogP contribution is 2.35. The van der Waals surface area contributed by atoms with Gasteiger partial charge in [0.15, 0.2) is 0 Å². The molecule has 0 unspecified atom stereocenters. The van der Waals surface area contributed by atoms with Crippen LogP contribution in [0, 0.1) is 3.57 Å². The molecule has 0 radical (unpaired) electrons. The van der Waals surface area contributed by atoms with Gasteiger partial charge in [-0.15, -0.1) is 0 Å². The van der Waals surface area contributed by atoms with Crippen molar-refractivity contribution in [1.82, 2.24) is 9.97 Å². The highest BCUT2D eigenvalue weighted by Gasteiger charge is 2.30. The number of hydrogen-bond acceptors (Lipinski definition) is 3. The normalized spacial score (nSPS) is 11.8. The van der Waals surface area contributed by atoms with E-state index in [1.54, 1.807) is 0 Å². The van der Waals surface area contributed by atoms with Crippen molar-refractivity contribution in [2.75, 3.05) is 0 Å². The molecule has 2 aromatic carbocycles. The largest absolute Gasteiger partial charge is 0.416 e. The third kappa shape index (κ3) is 3.35. The number of rotatable bonds is 2. The van der Waals surface area contributed by atoms with E-state index in [1.807, 2.05) is 24.3 Å². The minimum absolute atomic E-state index is 0.404. The van der Waals surface area contributed by atoms with Crippen molar-refractivity contribution >= 4 is 45.3 Å². The zero-order chi connectivity index (χ0) is 15.7. The van der Waals surface area contributed by atoms with Crippen molar-refractivity contribution in [2.45, 2.75) is 16.1 Å². The fourth-order valence-electron chi connectivity index (χ4n) is 1.90. The number of alkyl halides is 3. The van der Waals surface area contributed by atoms with Crippen molar-refractivity contribution in [3.05, 3.63) is 57.9 Å². The second-order valence-corrected chi connectivity index (χ2v) is 6.77. The molecular formula is C15H8F3IN2S. The van der Waals surface area contributed by atoms with Gasteiger partial charge in [0.1, 0.15) is 11.4 Å². The number of aromatic nitrogens is 2. The number of benzene rings is 2. The molecule has 0 aliphatic rings. The molecule has 0 atom stereocenters. The molecule has 22 heavy (non-hydrogen) atoms. The van der Waals surface area contributed by atoms with Crippen LogP contribution < -0.4 is 0 Å². The lowest BCUT2D eigenvalue weighted by atomic mass is 10.1. The van der Waals surface area contributed by atoms with Gasteiger partial charge in [-0.05, 0) is 65.1 Å². The van der Waals surface area contributed by atoms with Crippen LogP contribution in [0.4, 0.5) is 13.2 Å². The molecule has 7 heteroatoms. The Balaban J connectivity index is 2.06. The summed E-state index contributed by atoms with van der Waals surface area (Å²) in [4.78, 5) is 9.07. The van der Waals surface area contributed by atoms with E-state index < -0.39 is 11.7 Å². The van der Waals surface area contributed by atoms with Gasteiger partial charge in [-0.1, -0.05) is 11.8 Å². The summed E-state index contributed by atoms with van der Waals surface area (Å²) in [6, 6.07) is 11.2. The summed E-state index contributed by atoms with van der Waals surface area (Å²) in [5, 5.41) is 0.915. The maximum Gasteiger partial charge on any atom is 0.416 e. The van der Waals surface area contributed by atoms with Gasteiger partial charge in [-0.25, -0.2) is 9.97 Å². The predicted octanol–water partition coefficient (Wildman–Crippen LogP) is 5.40. The molecule has 2 nitrogen and oxygen atoms in total. The Morgan fingerprint density at radius 1 is 0.955 bits per heavy atom. The Hall–Kier alpha value is -1.35. The second kappa shape index (κ2) is 6.04. The van der Waals surface area contributed by atoms with Crippen LogP contribution in [0.2, 0.25) is 0 Å². The molecule has 0 N–H and O–H groups in total. The van der Waals surface area contributed by atoms with E-state index in [0.29, 0.717) is 15.9 Å². The van der Waals surface area contributed by atoms with Crippen LogP contribution in [-0.2, 0) is 6.18 Å². The quantitative estimate of drug-likeness (QED) is 0.401. The Bertz CT molecular complexity index is 819. The van der Waals surface area contributed by atoms with Crippen LogP contribution in [0.3, 0.4) is 0 Å². The Morgan fingerprint density at radius 2 is 1.68 bits per heavy atom.